The Morgan fingerprint density at radius 2 is 1.42 bits per heavy atom. The molecule has 0 aromatic carbocycles. The highest BCUT2D eigenvalue weighted by Gasteiger charge is 2.59. The summed E-state index contributed by atoms with van der Waals surface area (Å²) in [6, 6.07) is 0. The number of hydrogen-bond acceptors (Lipinski definition) is 9. The Morgan fingerprint density at radius 3 is 2.17 bits per heavy atom. The normalized spacial score (nSPS) is 43.9. The number of hydrogen-bond donors (Lipinski definition) is 0. The molecule has 60 heavy (non-hydrogen) atoms. The van der Waals surface area contributed by atoms with Crippen molar-refractivity contribution in [2.45, 2.75) is 196 Å². The SMILES string of the molecule is C=C1CC[C@H]2CC(=C)C(CC[C@H]3C[C@@H](C)C(=C)C(C[C@@H]4OC(C[C@H](C)CCPP)[C@H](C)C4CC(=O)C[C@H]4CC[C@@H]5O[C@@H]6[C@@H](O[C@H](C1)[C@@H]6OP(P)P)[C@@H](OP(P)P)[C@H]5O4)O3)O2. The molecule has 0 aromatic heterocycles. The van der Waals surface area contributed by atoms with E-state index in [0.29, 0.717) is 31.1 Å². The predicted molar refractivity (Wildman–Crippen MR) is 265 cm³/mol. The van der Waals surface area contributed by atoms with Crippen LogP contribution < -0.4 is 0 Å². The Hall–Kier alpha value is 2.01. The minimum Gasteiger partial charge on any atom is -0.374 e. The van der Waals surface area contributed by atoms with Crippen LogP contribution in [0.15, 0.2) is 36.5 Å². The Bertz CT molecular complexity index is 1510. The summed E-state index contributed by atoms with van der Waals surface area (Å²) in [7, 11) is 13.2. The molecule has 0 N–H and O–H groups in total. The van der Waals surface area contributed by atoms with Crippen LogP contribution in [0.4, 0.5) is 0 Å². The molecule has 0 saturated carbocycles. The first-order valence-electron chi connectivity index (χ1n) is 22.5. The Labute approximate surface area is 376 Å². The molecule has 0 aromatic rings. The third-order valence-electron chi connectivity index (χ3n) is 14.6. The smallest absolute Gasteiger partial charge is 0.135 e. The van der Waals surface area contributed by atoms with Crippen molar-refractivity contribution in [3.63, 3.8) is 0 Å². The van der Waals surface area contributed by atoms with Crippen molar-refractivity contribution in [2.75, 3.05) is 6.16 Å². The maximum absolute atomic E-state index is 14.3. The van der Waals surface area contributed by atoms with Crippen LogP contribution in [0.3, 0.4) is 0 Å². The molecule has 0 amide bonds. The van der Waals surface area contributed by atoms with Crippen molar-refractivity contribution in [3.8, 4) is 0 Å². The second kappa shape index (κ2) is 22.9. The lowest BCUT2D eigenvalue weighted by atomic mass is 9.78. The van der Waals surface area contributed by atoms with Gasteiger partial charge < -0.3 is 37.5 Å². The van der Waals surface area contributed by atoms with Crippen molar-refractivity contribution in [1.29, 1.82) is 0 Å². The second-order valence-corrected chi connectivity index (χ2v) is 32.8. The molecule has 9 nitrogen and oxygen atoms in total. The highest BCUT2D eigenvalue weighted by molar-refractivity contribution is 8.41. The van der Waals surface area contributed by atoms with Crippen LogP contribution in [0.5, 0.6) is 0 Å². The minimum absolute atomic E-state index is 0.0326. The summed E-state index contributed by atoms with van der Waals surface area (Å²) in [6.07, 6.45) is 10.5. The van der Waals surface area contributed by atoms with E-state index >= 15 is 0 Å². The van der Waals surface area contributed by atoms with Gasteiger partial charge in [-0.2, -0.15) is 0 Å². The summed E-state index contributed by atoms with van der Waals surface area (Å²) in [6.45, 7) is 20.5. The third kappa shape index (κ3) is 12.6. The zero-order valence-corrected chi connectivity index (χ0v) is 44.6. The fourth-order valence-electron chi connectivity index (χ4n) is 11.2. The van der Waals surface area contributed by atoms with E-state index in [1.807, 2.05) is 0 Å². The molecule has 0 spiro atoms. The van der Waals surface area contributed by atoms with E-state index in [-0.39, 0.29) is 103 Å². The predicted octanol–water partition coefficient (Wildman–Crippen LogP) is 11.0. The summed E-state index contributed by atoms with van der Waals surface area (Å²) in [5, 5.41) is 0. The van der Waals surface area contributed by atoms with Gasteiger partial charge in [-0.05, 0) is 112 Å². The molecule has 0 radical (unpaired) electrons. The number of ketones is 1. The highest BCUT2D eigenvalue weighted by Crippen LogP contribution is 2.60. The van der Waals surface area contributed by atoms with Crippen LogP contribution in [0, 0.1) is 23.7 Å². The van der Waals surface area contributed by atoms with Crippen LogP contribution in [0.25, 0.3) is 0 Å². The number of carbonyl (C=O) groups excluding carboxylic acids is 1. The molecule has 340 valence electrons. The third-order valence-corrected chi connectivity index (χ3v) is 18.4. The van der Waals surface area contributed by atoms with Crippen LogP contribution in [0.2, 0.25) is 0 Å². The first-order valence-corrected chi connectivity index (χ1v) is 34.5. The lowest BCUT2D eigenvalue weighted by molar-refractivity contribution is -0.251. The molecule has 8 bridgehead atoms. The number of fused-ring (bicyclic) bond motifs is 7. The summed E-state index contributed by atoms with van der Waals surface area (Å²) in [5.74, 6) is 1.51. The number of rotatable bonds is 9. The number of Topliss-reactive ketones (excluding diaryl/α,β-unsaturated/α-hetero) is 1. The fourth-order valence-corrected chi connectivity index (χ4v) is 15.1. The zero-order chi connectivity index (χ0) is 42.8. The monoisotopic (exact) mass is 982 g/mol. The molecule has 7 saturated heterocycles. The minimum atomic E-state index is -0.901. The molecule has 24 atom stereocenters. The summed E-state index contributed by atoms with van der Waals surface area (Å²) < 4.78 is 54.8. The van der Waals surface area contributed by atoms with Crippen LogP contribution in [-0.4, -0.2) is 97.4 Å². The Balaban J connectivity index is 1.14. The topological polar surface area (TPSA) is 90.9 Å². The standard InChI is InChI=1S/C43H74O9P8/c1-22-7-8-29-18-25(4)33(45-29)11-9-30-17-24(3)26(5)36(46-30)21-37-32(27(6)35(48-37)15-23(2)13-14-58-53)20-28(44)19-31-10-12-34-39(47-31)43(52-60(56)57)42-41(49-34)40(51-59(54)55)38(16-22)50-42/h23-24,27,29-43,58H,1,4-5,7-21,53-57H2,2-3,6H3/t23-,24-,27-,29+,30+,31-,32?,33?,34+,35?,36?,37+,38-,39+,40+,41+,42-,43+/m1/s1. The van der Waals surface area contributed by atoms with Gasteiger partial charge in [0.1, 0.15) is 36.3 Å². The average molecular weight is 983 g/mol. The van der Waals surface area contributed by atoms with Crippen LogP contribution >= 0.6 is 68.0 Å². The molecule has 17 heteroatoms. The highest BCUT2D eigenvalue weighted by atomic mass is 32.4. The molecule has 7 heterocycles. The van der Waals surface area contributed by atoms with Gasteiger partial charge in [0.2, 0.25) is 0 Å². The van der Waals surface area contributed by atoms with Crippen molar-refractivity contribution in [3.05, 3.63) is 36.5 Å². The first kappa shape index (κ1) is 49.9. The molecular formula is C43H74O9P8. The second-order valence-electron chi connectivity index (χ2n) is 19.1. The van der Waals surface area contributed by atoms with E-state index in [0.717, 1.165) is 83.6 Å². The van der Waals surface area contributed by atoms with Gasteiger partial charge in [0, 0.05) is 19.3 Å². The van der Waals surface area contributed by atoms with E-state index < -0.39 is 15.1 Å². The molecule has 7 aliphatic heterocycles. The van der Waals surface area contributed by atoms with Crippen molar-refractivity contribution < 1.29 is 42.3 Å². The van der Waals surface area contributed by atoms with E-state index in [1.54, 1.807) is 0 Å². The lowest BCUT2D eigenvalue weighted by Crippen LogP contribution is -2.61. The van der Waals surface area contributed by atoms with Gasteiger partial charge in [-0.25, -0.2) is 0 Å². The number of ether oxygens (including phenoxy) is 6. The molecule has 0 aliphatic carbocycles. The van der Waals surface area contributed by atoms with E-state index in [2.05, 4.69) is 85.2 Å². The lowest BCUT2D eigenvalue weighted by Gasteiger charge is -2.48. The molecule has 10 unspecified atom stereocenters. The van der Waals surface area contributed by atoms with Gasteiger partial charge >= 0.3 is 0 Å². The Morgan fingerprint density at radius 1 is 0.733 bits per heavy atom. The van der Waals surface area contributed by atoms with E-state index in [9.17, 15) is 4.79 Å². The largest absolute Gasteiger partial charge is 0.374 e. The van der Waals surface area contributed by atoms with Gasteiger partial charge in [-0.15, -0.1) is 17.2 Å². The Kier molecular flexibility index (Phi) is 19.0. The van der Waals surface area contributed by atoms with Crippen molar-refractivity contribution in [1.82, 2.24) is 0 Å². The molecule has 7 aliphatic rings. The van der Waals surface area contributed by atoms with Crippen LogP contribution in [0.1, 0.15) is 111 Å². The van der Waals surface area contributed by atoms with Gasteiger partial charge in [-0.3, -0.25) is 4.79 Å². The number of carbonyl (C=O) groups is 1. The first-order chi connectivity index (χ1) is 28.7. The summed E-state index contributed by atoms with van der Waals surface area (Å²) in [4.78, 5) is 14.3. The fraction of sp³-hybridized carbons (Fsp3) is 0.837. The maximum atomic E-state index is 14.3. The maximum Gasteiger partial charge on any atom is 0.135 e. The van der Waals surface area contributed by atoms with Crippen LogP contribution in [-0.2, 0) is 42.3 Å². The van der Waals surface area contributed by atoms with Gasteiger partial charge in [0.05, 0.1) is 70.0 Å². The van der Waals surface area contributed by atoms with Gasteiger partial charge in [0.15, 0.2) is 0 Å². The van der Waals surface area contributed by atoms with Gasteiger partial charge in [-0.1, -0.05) is 81.8 Å². The quantitative estimate of drug-likeness (QED) is 0.165. The van der Waals surface area contributed by atoms with Crippen molar-refractivity contribution in [2.24, 2.45) is 23.7 Å². The molecule has 7 rings (SSSR count). The molecular weight excluding hydrogens is 908 g/mol. The summed E-state index contributed by atoms with van der Waals surface area (Å²) >= 11 is 0. The molecule has 7 fully saturated rings. The zero-order valence-electron chi connectivity index (χ0n) is 36.1. The average Bonchev–Trinajstić information content (AvgIpc) is 3.81. The summed E-state index contributed by atoms with van der Waals surface area (Å²) in [5.41, 5.74) is 3.45. The van der Waals surface area contributed by atoms with E-state index in [4.69, 9.17) is 37.5 Å². The van der Waals surface area contributed by atoms with Gasteiger partial charge in [0.25, 0.3) is 0 Å². The van der Waals surface area contributed by atoms with E-state index in [1.165, 1.54) is 18.2 Å². The van der Waals surface area contributed by atoms with Crippen molar-refractivity contribution >= 4 is 73.7 Å².